The van der Waals surface area contributed by atoms with Crippen LogP contribution in [0.5, 0.6) is 11.5 Å². The molecule has 21 heavy (non-hydrogen) atoms. The number of nitrogens with one attached hydrogen (secondary N) is 1. The van der Waals surface area contributed by atoms with Crippen molar-refractivity contribution >= 4 is 39.2 Å². The number of halogens is 1. The van der Waals surface area contributed by atoms with Crippen LogP contribution in [0.4, 0.5) is 0 Å². The van der Waals surface area contributed by atoms with Gasteiger partial charge in [0.25, 0.3) is 0 Å². The lowest BCUT2D eigenvalue weighted by Crippen LogP contribution is -1.96. The number of aromatic amines is 1. The first-order valence-electron chi connectivity index (χ1n) is 6.26. The van der Waals surface area contributed by atoms with E-state index >= 15 is 0 Å². The first-order chi connectivity index (χ1) is 10.1. The molecule has 6 heteroatoms. The lowest BCUT2D eigenvalue weighted by molar-refractivity contribution is 0.394. The summed E-state index contributed by atoms with van der Waals surface area (Å²) < 4.78 is 14.2. The van der Waals surface area contributed by atoms with E-state index in [1.807, 2.05) is 41.0 Å². The number of rotatable bonds is 3. The van der Waals surface area contributed by atoms with Crippen molar-refractivity contribution in [1.82, 2.24) is 9.55 Å². The van der Waals surface area contributed by atoms with Crippen molar-refractivity contribution in [2.24, 2.45) is 0 Å². The predicted molar refractivity (Wildman–Crippen MR) is 89.3 cm³/mol. The molecule has 3 aromatic rings. The maximum absolute atomic E-state index is 5.45. The van der Waals surface area contributed by atoms with E-state index in [0.717, 1.165) is 32.7 Å². The third kappa shape index (κ3) is 2.56. The van der Waals surface area contributed by atoms with Gasteiger partial charge < -0.3 is 14.5 Å². The Balaban J connectivity index is 2.29. The van der Waals surface area contributed by atoms with Crippen molar-refractivity contribution in [1.29, 1.82) is 0 Å². The van der Waals surface area contributed by atoms with Crippen LogP contribution in [0, 0.1) is 4.77 Å². The standard InChI is InChI=1S/C15H13BrN2O2S/c1-19-11-6-10(7-12(8-11)20-2)18-14-4-3-9(16)5-13(14)17-15(18)21/h3-8H,1-2H3,(H,17,21). The number of aromatic nitrogens is 2. The molecule has 0 radical (unpaired) electrons. The Kier molecular flexibility index (Phi) is 3.73. The van der Waals surface area contributed by atoms with Crippen LogP contribution in [-0.4, -0.2) is 23.8 Å². The molecule has 1 N–H and O–H groups in total. The number of hydrogen-bond acceptors (Lipinski definition) is 3. The van der Waals surface area contributed by atoms with E-state index in [1.165, 1.54) is 0 Å². The topological polar surface area (TPSA) is 39.2 Å². The predicted octanol–water partition coefficient (Wildman–Crippen LogP) is 4.47. The summed E-state index contributed by atoms with van der Waals surface area (Å²) in [4.78, 5) is 3.21. The van der Waals surface area contributed by atoms with E-state index in [1.54, 1.807) is 14.2 Å². The van der Waals surface area contributed by atoms with E-state index in [9.17, 15) is 0 Å². The summed E-state index contributed by atoms with van der Waals surface area (Å²) in [6.45, 7) is 0. The fourth-order valence-electron chi connectivity index (χ4n) is 2.26. The molecule has 108 valence electrons. The molecule has 1 heterocycles. The number of ether oxygens (including phenoxy) is 2. The fourth-order valence-corrected chi connectivity index (χ4v) is 2.94. The second-order valence-corrected chi connectivity index (χ2v) is 5.80. The molecule has 2 aromatic carbocycles. The zero-order valence-electron chi connectivity index (χ0n) is 11.5. The van der Waals surface area contributed by atoms with Gasteiger partial charge in [-0.05, 0) is 30.4 Å². The second kappa shape index (κ2) is 5.54. The molecule has 4 nitrogen and oxygen atoms in total. The van der Waals surface area contributed by atoms with Crippen LogP contribution in [0.3, 0.4) is 0 Å². The number of hydrogen-bond donors (Lipinski definition) is 1. The average Bonchev–Trinajstić information content (AvgIpc) is 2.81. The van der Waals surface area contributed by atoms with Crippen LogP contribution < -0.4 is 9.47 Å². The van der Waals surface area contributed by atoms with Gasteiger partial charge in [-0.3, -0.25) is 4.57 Å². The van der Waals surface area contributed by atoms with Crippen molar-refractivity contribution in [2.75, 3.05) is 14.2 Å². The molecule has 3 rings (SSSR count). The molecule has 0 saturated heterocycles. The Hall–Kier alpha value is -1.79. The summed E-state index contributed by atoms with van der Waals surface area (Å²) in [5.74, 6) is 1.44. The summed E-state index contributed by atoms with van der Waals surface area (Å²) in [6.07, 6.45) is 0. The molecule has 0 spiro atoms. The molecule has 0 fully saturated rings. The quantitative estimate of drug-likeness (QED) is 0.697. The Morgan fingerprint density at radius 3 is 2.33 bits per heavy atom. The Labute approximate surface area is 135 Å². The highest BCUT2D eigenvalue weighted by Gasteiger charge is 2.10. The lowest BCUT2D eigenvalue weighted by atomic mass is 10.2. The molecule has 0 saturated carbocycles. The molecule has 1 aromatic heterocycles. The molecule has 0 amide bonds. The molecular formula is C15H13BrN2O2S. The molecule has 0 bridgehead atoms. The molecule has 0 atom stereocenters. The second-order valence-electron chi connectivity index (χ2n) is 4.50. The minimum absolute atomic E-state index is 0.624. The molecule has 0 aliphatic carbocycles. The van der Waals surface area contributed by atoms with Crippen molar-refractivity contribution < 1.29 is 9.47 Å². The van der Waals surface area contributed by atoms with Gasteiger partial charge in [0, 0.05) is 22.7 Å². The van der Waals surface area contributed by atoms with Crippen molar-refractivity contribution in [2.45, 2.75) is 0 Å². The first kappa shape index (κ1) is 14.2. The van der Waals surface area contributed by atoms with E-state index < -0.39 is 0 Å². The van der Waals surface area contributed by atoms with E-state index in [4.69, 9.17) is 21.7 Å². The number of methoxy groups -OCH3 is 2. The minimum atomic E-state index is 0.624. The lowest BCUT2D eigenvalue weighted by Gasteiger charge is -2.10. The number of nitrogens with zero attached hydrogens (tertiary/aromatic N) is 1. The van der Waals surface area contributed by atoms with Crippen molar-refractivity contribution in [3.8, 4) is 17.2 Å². The van der Waals surface area contributed by atoms with Crippen LogP contribution in [-0.2, 0) is 0 Å². The zero-order chi connectivity index (χ0) is 15.0. The maximum atomic E-state index is 5.45. The van der Waals surface area contributed by atoms with Crippen LogP contribution in [0.15, 0.2) is 40.9 Å². The van der Waals surface area contributed by atoms with E-state index in [0.29, 0.717) is 4.77 Å². The average molecular weight is 365 g/mol. The van der Waals surface area contributed by atoms with Crippen LogP contribution in [0.2, 0.25) is 0 Å². The van der Waals surface area contributed by atoms with Crippen LogP contribution in [0.1, 0.15) is 0 Å². The third-order valence-corrected chi connectivity index (χ3v) is 4.02. The normalized spacial score (nSPS) is 10.8. The number of fused-ring (bicyclic) bond motifs is 1. The summed E-state index contributed by atoms with van der Waals surface area (Å²) in [5, 5.41) is 0. The monoisotopic (exact) mass is 364 g/mol. The number of benzene rings is 2. The van der Waals surface area contributed by atoms with Gasteiger partial charge in [0.05, 0.1) is 30.9 Å². The summed E-state index contributed by atoms with van der Waals surface area (Å²) in [7, 11) is 3.26. The molecule has 0 aliphatic heterocycles. The minimum Gasteiger partial charge on any atom is -0.497 e. The Morgan fingerprint density at radius 2 is 1.71 bits per heavy atom. The van der Waals surface area contributed by atoms with Gasteiger partial charge in [0.1, 0.15) is 11.5 Å². The zero-order valence-corrected chi connectivity index (χ0v) is 13.9. The van der Waals surface area contributed by atoms with Gasteiger partial charge in [-0.25, -0.2) is 0 Å². The number of H-pyrrole nitrogens is 1. The largest absolute Gasteiger partial charge is 0.497 e. The molecule has 0 aliphatic rings. The van der Waals surface area contributed by atoms with Gasteiger partial charge in [-0.2, -0.15) is 0 Å². The van der Waals surface area contributed by atoms with Gasteiger partial charge in [0.2, 0.25) is 0 Å². The maximum Gasteiger partial charge on any atom is 0.182 e. The fraction of sp³-hybridized carbons (Fsp3) is 0.133. The van der Waals surface area contributed by atoms with Gasteiger partial charge in [-0.1, -0.05) is 15.9 Å². The van der Waals surface area contributed by atoms with Crippen LogP contribution in [0.25, 0.3) is 16.7 Å². The molecule has 0 unspecified atom stereocenters. The first-order valence-corrected chi connectivity index (χ1v) is 7.46. The highest BCUT2D eigenvalue weighted by molar-refractivity contribution is 9.10. The third-order valence-electron chi connectivity index (χ3n) is 3.24. The van der Waals surface area contributed by atoms with Crippen molar-refractivity contribution in [3.63, 3.8) is 0 Å². The van der Waals surface area contributed by atoms with Gasteiger partial charge >= 0.3 is 0 Å². The Morgan fingerprint density at radius 1 is 1.05 bits per heavy atom. The highest BCUT2D eigenvalue weighted by Crippen LogP contribution is 2.28. The summed E-state index contributed by atoms with van der Waals surface area (Å²) >= 11 is 8.91. The SMILES string of the molecule is COc1cc(OC)cc(-n2c(=S)[nH]c3cc(Br)ccc32)c1. The molecular weight excluding hydrogens is 352 g/mol. The smallest absolute Gasteiger partial charge is 0.182 e. The summed E-state index contributed by atoms with van der Waals surface area (Å²) in [6, 6.07) is 11.7. The van der Waals surface area contributed by atoms with Crippen molar-refractivity contribution in [3.05, 3.63) is 45.6 Å². The van der Waals surface area contributed by atoms with Gasteiger partial charge in [0.15, 0.2) is 4.77 Å². The Bertz CT molecular complexity index is 847. The highest BCUT2D eigenvalue weighted by atomic mass is 79.9. The van der Waals surface area contributed by atoms with E-state index in [-0.39, 0.29) is 0 Å². The van der Waals surface area contributed by atoms with E-state index in [2.05, 4.69) is 20.9 Å². The van der Waals surface area contributed by atoms with Gasteiger partial charge in [-0.15, -0.1) is 0 Å². The van der Waals surface area contributed by atoms with Crippen LogP contribution >= 0.6 is 28.1 Å². The summed E-state index contributed by atoms with van der Waals surface area (Å²) in [5.41, 5.74) is 2.86. The number of imidazole rings is 1.